The minimum absolute atomic E-state index is 0.581. The maximum Gasteiger partial charge on any atom is 0.0251 e. The third-order valence-corrected chi connectivity index (χ3v) is 2.89. The van der Waals surface area contributed by atoms with Crippen LogP contribution in [0.25, 0.3) is 0 Å². The Morgan fingerprint density at radius 1 is 1.12 bits per heavy atom. The molecule has 0 heterocycles. The van der Waals surface area contributed by atoms with Crippen LogP contribution in [0.3, 0.4) is 0 Å². The summed E-state index contributed by atoms with van der Waals surface area (Å²) in [6.07, 6.45) is 4.32. The Balaban J connectivity index is 2.92. The fourth-order valence-electron chi connectivity index (χ4n) is 0.628. The molecule has 0 radical (unpaired) electrons. The van der Waals surface area contributed by atoms with E-state index in [4.69, 9.17) is 4.89 Å². The van der Waals surface area contributed by atoms with E-state index < -0.39 is 8.15 Å². The first-order valence-electron chi connectivity index (χ1n) is 3.25. The second kappa shape index (κ2) is 5.53. The zero-order valence-electron chi connectivity index (χ0n) is 5.72. The highest BCUT2D eigenvalue weighted by molar-refractivity contribution is 7.51. The van der Waals surface area contributed by atoms with Crippen LogP contribution in [-0.4, -0.2) is 17.2 Å². The van der Waals surface area contributed by atoms with Gasteiger partial charge in [0.2, 0.25) is 0 Å². The Morgan fingerprint density at radius 3 is 1.75 bits per heavy atom. The van der Waals surface area contributed by atoms with Crippen LogP contribution in [0, 0.1) is 0 Å². The van der Waals surface area contributed by atoms with Gasteiger partial charge in [-0.3, -0.25) is 0 Å². The topological polar surface area (TPSA) is 20.2 Å². The first-order valence-corrected chi connectivity index (χ1v) is 4.91. The fourth-order valence-corrected chi connectivity index (χ4v) is 1.88. The SMILES string of the molecule is CCCP(O)CCC. The van der Waals surface area contributed by atoms with Gasteiger partial charge in [-0.25, -0.2) is 0 Å². The molecule has 0 atom stereocenters. The van der Waals surface area contributed by atoms with Gasteiger partial charge < -0.3 is 4.89 Å². The zero-order valence-corrected chi connectivity index (χ0v) is 6.62. The third kappa shape index (κ3) is 4.55. The molecule has 0 aromatic carbocycles. The Kier molecular flexibility index (Phi) is 5.79. The van der Waals surface area contributed by atoms with Crippen molar-refractivity contribution in [1.82, 2.24) is 0 Å². The highest BCUT2D eigenvalue weighted by Gasteiger charge is 1.97. The number of hydrogen-bond acceptors (Lipinski definition) is 1. The van der Waals surface area contributed by atoms with Crippen molar-refractivity contribution in [3.05, 3.63) is 0 Å². The van der Waals surface area contributed by atoms with Gasteiger partial charge in [0.1, 0.15) is 0 Å². The van der Waals surface area contributed by atoms with Crippen LogP contribution in [0.2, 0.25) is 0 Å². The minimum Gasteiger partial charge on any atom is -0.374 e. The summed E-state index contributed by atoms with van der Waals surface area (Å²) in [6.45, 7) is 4.22. The van der Waals surface area contributed by atoms with Crippen molar-refractivity contribution in [2.75, 3.05) is 12.3 Å². The Morgan fingerprint density at radius 2 is 1.50 bits per heavy atom. The zero-order chi connectivity index (χ0) is 6.41. The Labute approximate surface area is 52.9 Å². The van der Waals surface area contributed by atoms with E-state index >= 15 is 0 Å². The number of rotatable bonds is 4. The summed E-state index contributed by atoms with van der Waals surface area (Å²) in [6, 6.07) is 0. The maximum atomic E-state index is 9.11. The van der Waals surface area contributed by atoms with Crippen molar-refractivity contribution in [2.45, 2.75) is 26.7 Å². The van der Waals surface area contributed by atoms with Gasteiger partial charge in [-0.05, 0) is 12.3 Å². The molecular weight excluding hydrogens is 119 g/mol. The van der Waals surface area contributed by atoms with Crippen LogP contribution in [0.1, 0.15) is 26.7 Å². The Hall–Kier alpha value is 0.390. The van der Waals surface area contributed by atoms with Crippen LogP contribution in [-0.2, 0) is 0 Å². The van der Waals surface area contributed by atoms with E-state index in [0.29, 0.717) is 0 Å². The van der Waals surface area contributed by atoms with E-state index in [9.17, 15) is 0 Å². The second-order valence-corrected chi connectivity index (χ2v) is 3.86. The lowest BCUT2D eigenvalue weighted by Crippen LogP contribution is -1.84. The molecule has 2 heteroatoms. The monoisotopic (exact) mass is 134 g/mol. The molecule has 0 rings (SSSR count). The van der Waals surface area contributed by atoms with Gasteiger partial charge in [0.05, 0.1) is 0 Å². The molecule has 0 aromatic rings. The van der Waals surface area contributed by atoms with E-state index in [1.807, 2.05) is 0 Å². The van der Waals surface area contributed by atoms with Crippen LogP contribution in [0.4, 0.5) is 0 Å². The van der Waals surface area contributed by atoms with Crippen LogP contribution < -0.4 is 0 Å². The molecule has 0 saturated heterocycles. The summed E-state index contributed by atoms with van der Waals surface area (Å²) >= 11 is 0. The van der Waals surface area contributed by atoms with Crippen molar-refractivity contribution in [1.29, 1.82) is 0 Å². The molecule has 0 bridgehead atoms. The molecule has 50 valence electrons. The van der Waals surface area contributed by atoms with Crippen LogP contribution in [0.5, 0.6) is 0 Å². The van der Waals surface area contributed by atoms with Crippen molar-refractivity contribution < 1.29 is 4.89 Å². The molecule has 1 N–H and O–H groups in total. The highest BCUT2D eigenvalue weighted by atomic mass is 31.1. The van der Waals surface area contributed by atoms with Gasteiger partial charge in [0.15, 0.2) is 0 Å². The van der Waals surface area contributed by atoms with E-state index in [1.54, 1.807) is 0 Å². The molecule has 0 saturated carbocycles. The molecule has 0 aromatic heterocycles. The van der Waals surface area contributed by atoms with Crippen molar-refractivity contribution >= 4 is 8.15 Å². The van der Waals surface area contributed by atoms with Gasteiger partial charge in [-0.2, -0.15) is 0 Å². The Bertz CT molecular complexity index is 41.8. The predicted octanol–water partition coefficient (Wildman–Crippen LogP) is 2.20. The first kappa shape index (κ1) is 8.39. The van der Waals surface area contributed by atoms with Gasteiger partial charge in [0, 0.05) is 8.15 Å². The lowest BCUT2D eigenvalue weighted by atomic mass is 10.6. The average Bonchev–Trinajstić information content (AvgIpc) is 1.68. The molecule has 0 aliphatic carbocycles. The minimum atomic E-state index is -0.581. The first-order chi connectivity index (χ1) is 3.81. The molecule has 8 heavy (non-hydrogen) atoms. The summed E-state index contributed by atoms with van der Waals surface area (Å²) in [5.41, 5.74) is 0. The largest absolute Gasteiger partial charge is 0.374 e. The smallest absolute Gasteiger partial charge is 0.0251 e. The van der Waals surface area contributed by atoms with E-state index in [2.05, 4.69) is 13.8 Å². The van der Waals surface area contributed by atoms with Crippen LogP contribution >= 0.6 is 8.15 Å². The van der Waals surface area contributed by atoms with Crippen molar-refractivity contribution in [2.24, 2.45) is 0 Å². The molecule has 0 spiro atoms. The molecule has 1 nitrogen and oxygen atoms in total. The van der Waals surface area contributed by atoms with E-state index in [1.165, 1.54) is 0 Å². The summed E-state index contributed by atoms with van der Waals surface area (Å²) in [7, 11) is -0.581. The lowest BCUT2D eigenvalue weighted by Gasteiger charge is -2.04. The molecule has 0 aliphatic heterocycles. The van der Waals surface area contributed by atoms with Crippen LogP contribution in [0.15, 0.2) is 0 Å². The summed E-state index contributed by atoms with van der Waals surface area (Å²) in [5.74, 6) is 0. The highest BCUT2D eigenvalue weighted by Crippen LogP contribution is 2.30. The van der Waals surface area contributed by atoms with Crippen molar-refractivity contribution in [3.63, 3.8) is 0 Å². The molecule has 0 amide bonds. The van der Waals surface area contributed by atoms with Gasteiger partial charge in [0.25, 0.3) is 0 Å². The average molecular weight is 134 g/mol. The van der Waals surface area contributed by atoms with Crippen molar-refractivity contribution in [3.8, 4) is 0 Å². The molecular formula is C6H15OP. The van der Waals surface area contributed by atoms with Gasteiger partial charge in [-0.15, -0.1) is 0 Å². The second-order valence-electron chi connectivity index (χ2n) is 1.95. The summed E-state index contributed by atoms with van der Waals surface area (Å²) in [4.78, 5) is 9.11. The standard InChI is InChI=1S/C6H15OP/c1-3-5-8(7)6-4-2/h7H,3-6H2,1-2H3. The number of hydrogen-bond donors (Lipinski definition) is 1. The fraction of sp³-hybridized carbons (Fsp3) is 1.00. The molecule has 0 fully saturated rings. The quantitative estimate of drug-likeness (QED) is 0.584. The third-order valence-electron chi connectivity index (χ3n) is 0.963. The van der Waals surface area contributed by atoms with E-state index in [-0.39, 0.29) is 0 Å². The predicted molar refractivity (Wildman–Crippen MR) is 39.5 cm³/mol. The maximum absolute atomic E-state index is 9.11. The van der Waals surface area contributed by atoms with Gasteiger partial charge in [-0.1, -0.05) is 26.7 Å². The normalized spacial score (nSPS) is 10.5. The van der Waals surface area contributed by atoms with E-state index in [0.717, 1.165) is 25.2 Å². The summed E-state index contributed by atoms with van der Waals surface area (Å²) in [5, 5.41) is 0. The van der Waals surface area contributed by atoms with Gasteiger partial charge >= 0.3 is 0 Å². The molecule has 0 unspecified atom stereocenters. The summed E-state index contributed by atoms with van der Waals surface area (Å²) < 4.78 is 0. The molecule has 0 aliphatic rings. The lowest BCUT2D eigenvalue weighted by molar-refractivity contribution is 0.619.